The fourth-order valence-electron chi connectivity index (χ4n) is 4.93. The van der Waals surface area contributed by atoms with Crippen LogP contribution >= 0.6 is 0 Å². The van der Waals surface area contributed by atoms with Gasteiger partial charge in [0.2, 0.25) is 5.91 Å². The van der Waals surface area contributed by atoms with Gasteiger partial charge in [0.25, 0.3) is 0 Å². The number of urea groups is 1. The van der Waals surface area contributed by atoms with Crippen molar-refractivity contribution in [1.82, 2.24) is 15.6 Å². The summed E-state index contributed by atoms with van der Waals surface area (Å²) in [6, 6.07) is 7.14. The molecule has 0 radical (unpaired) electrons. The summed E-state index contributed by atoms with van der Waals surface area (Å²) in [5.41, 5.74) is -2.04. The Morgan fingerprint density at radius 3 is 2.49 bits per heavy atom. The highest BCUT2D eigenvalue weighted by molar-refractivity contribution is 5.96. The molecule has 3 aromatic rings. The zero-order chi connectivity index (χ0) is 28.5. The number of para-hydroxylation sites is 2. The molecule has 4 rings (SSSR count). The Labute approximate surface area is 221 Å². The third-order valence-electron chi connectivity index (χ3n) is 7.29. The van der Waals surface area contributed by atoms with Gasteiger partial charge in [0, 0.05) is 17.5 Å². The van der Waals surface area contributed by atoms with Crippen molar-refractivity contribution < 1.29 is 37.1 Å². The number of nitrogens with one attached hydrogen (secondary N) is 4. The topological polar surface area (TPSA) is 123 Å². The molecular formula is C27H28F4N4O4. The lowest BCUT2D eigenvalue weighted by Crippen LogP contribution is -2.62. The first kappa shape index (κ1) is 27.9. The van der Waals surface area contributed by atoms with E-state index in [-0.39, 0.29) is 35.9 Å². The Hall–Kier alpha value is -4.09. The lowest BCUT2D eigenvalue weighted by Gasteiger charge is -2.36. The number of aryl methyl sites for hydroxylation is 1. The third-order valence-corrected chi connectivity index (χ3v) is 7.29. The molecule has 0 bridgehead atoms. The quantitative estimate of drug-likeness (QED) is 0.267. The molecule has 3 atom stereocenters. The Bertz CT molecular complexity index is 1420. The number of aromatic nitrogens is 1. The van der Waals surface area contributed by atoms with Gasteiger partial charge in [-0.25, -0.2) is 14.0 Å². The van der Waals surface area contributed by atoms with Gasteiger partial charge in [-0.1, -0.05) is 44.5 Å². The van der Waals surface area contributed by atoms with Crippen molar-refractivity contribution >= 4 is 34.5 Å². The minimum Gasteiger partial charge on any atom is -0.479 e. The molecule has 1 heterocycles. The van der Waals surface area contributed by atoms with E-state index in [9.17, 15) is 37.1 Å². The number of rotatable bonds is 7. The fraction of sp³-hybridized carbons (Fsp3) is 0.370. The SMILES string of the molecule is CCC(C)[C@H](NC(=O)Nc1ccccc1F)C(=O)N[C@]1(C(=O)O)CCc2[nH]c3c(C(F)(F)F)cccc3c2C1. The third kappa shape index (κ3) is 5.55. The molecule has 1 aliphatic rings. The van der Waals surface area contributed by atoms with Gasteiger partial charge >= 0.3 is 18.2 Å². The average molecular weight is 549 g/mol. The number of aliphatic carboxylic acids is 1. The number of alkyl halides is 3. The highest BCUT2D eigenvalue weighted by atomic mass is 19.4. The maximum absolute atomic E-state index is 14.0. The first-order valence-corrected chi connectivity index (χ1v) is 12.4. The maximum Gasteiger partial charge on any atom is 0.418 e. The number of fused-ring (bicyclic) bond motifs is 3. The van der Waals surface area contributed by atoms with Crippen LogP contribution < -0.4 is 16.0 Å². The van der Waals surface area contributed by atoms with Crippen molar-refractivity contribution in [2.45, 2.75) is 57.3 Å². The molecule has 2 aromatic carbocycles. The predicted octanol–water partition coefficient (Wildman–Crippen LogP) is 4.99. The standard InChI is InChI=1S/C27H28F4N4O4/c1-3-14(2)21(34-25(39)33-20-10-5-4-9-18(20)28)23(36)35-26(24(37)38)12-11-19-16(13-26)15-7-6-8-17(22(15)32-19)27(29,30)31/h4-10,14,21,32H,3,11-13H2,1-2H3,(H,35,36)(H,37,38)(H2,33,34,39)/t14?,21-,26+/m0/s1. The van der Waals surface area contributed by atoms with E-state index in [1.807, 2.05) is 0 Å². The number of amides is 3. The highest BCUT2D eigenvalue weighted by Crippen LogP contribution is 2.40. The zero-order valence-corrected chi connectivity index (χ0v) is 21.2. The molecule has 0 saturated heterocycles. The molecular weight excluding hydrogens is 520 g/mol. The highest BCUT2D eigenvalue weighted by Gasteiger charge is 2.46. The van der Waals surface area contributed by atoms with Crippen molar-refractivity contribution in [3.63, 3.8) is 0 Å². The van der Waals surface area contributed by atoms with Crippen molar-refractivity contribution in [2.75, 3.05) is 5.32 Å². The molecule has 0 fully saturated rings. The molecule has 8 nitrogen and oxygen atoms in total. The summed E-state index contributed by atoms with van der Waals surface area (Å²) < 4.78 is 54.7. The van der Waals surface area contributed by atoms with Crippen LogP contribution in [0.1, 0.15) is 43.5 Å². The molecule has 0 spiro atoms. The average Bonchev–Trinajstić information content (AvgIpc) is 3.25. The smallest absolute Gasteiger partial charge is 0.418 e. The van der Waals surface area contributed by atoms with Gasteiger partial charge in [-0.2, -0.15) is 13.2 Å². The zero-order valence-electron chi connectivity index (χ0n) is 21.2. The van der Waals surface area contributed by atoms with E-state index >= 15 is 0 Å². The maximum atomic E-state index is 14.0. The molecule has 1 unspecified atom stereocenters. The van der Waals surface area contributed by atoms with E-state index in [4.69, 9.17) is 0 Å². The fourth-order valence-corrected chi connectivity index (χ4v) is 4.93. The molecule has 39 heavy (non-hydrogen) atoms. The van der Waals surface area contributed by atoms with Crippen LogP contribution in [0.5, 0.6) is 0 Å². The number of aromatic amines is 1. The molecule has 1 aromatic heterocycles. The number of hydrogen-bond acceptors (Lipinski definition) is 3. The summed E-state index contributed by atoms with van der Waals surface area (Å²) in [5.74, 6) is -3.22. The monoisotopic (exact) mass is 548 g/mol. The molecule has 12 heteroatoms. The number of H-pyrrole nitrogens is 1. The number of carboxylic acids is 1. The second-order valence-electron chi connectivity index (χ2n) is 9.80. The van der Waals surface area contributed by atoms with Crippen LogP contribution in [0, 0.1) is 11.7 Å². The molecule has 208 valence electrons. The van der Waals surface area contributed by atoms with E-state index in [2.05, 4.69) is 20.9 Å². The van der Waals surface area contributed by atoms with Crippen LogP contribution in [0.4, 0.5) is 28.0 Å². The predicted molar refractivity (Wildman–Crippen MR) is 136 cm³/mol. The summed E-state index contributed by atoms with van der Waals surface area (Å²) in [6.07, 6.45) is -4.40. The summed E-state index contributed by atoms with van der Waals surface area (Å²) >= 11 is 0. The van der Waals surface area contributed by atoms with Crippen LogP contribution in [-0.4, -0.2) is 39.6 Å². The summed E-state index contributed by atoms with van der Waals surface area (Å²) in [4.78, 5) is 41.4. The second-order valence-corrected chi connectivity index (χ2v) is 9.80. The van der Waals surface area contributed by atoms with Crippen LogP contribution in [0.3, 0.4) is 0 Å². The Morgan fingerprint density at radius 1 is 1.13 bits per heavy atom. The second kappa shape index (κ2) is 10.6. The van der Waals surface area contributed by atoms with Crippen molar-refractivity contribution in [3.05, 3.63) is 65.1 Å². The van der Waals surface area contributed by atoms with Crippen molar-refractivity contribution in [2.24, 2.45) is 5.92 Å². The lowest BCUT2D eigenvalue weighted by atomic mass is 9.79. The number of hydrogen-bond donors (Lipinski definition) is 5. The lowest BCUT2D eigenvalue weighted by molar-refractivity contribution is -0.148. The summed E-state index contributed by atoms with van der Waals surface area (Å²) in [7, 11) is 0. The van der Waals surface area contributed by atoms with Crippen LogP contribution in [-0.2, 0) is 28.6 Å². The van der Waals surface area contributed by atoms with Gasteiger partial charge in [0.05, 0.1) is 16.8 Å². The Balaban J connectivity index is 1.60. The molecule has 0 aliphatic heterocycles. The number of benzene rings is 2. The van der Waals surface area contributed by atoms with E-state index in [0.717, 1.165) is 12.1 Å². The summed E-state index contributed by atoms with van der Waals surface area (Å²) in [5, 5.41) is 17.9. The first-order valence-electron chi connectivity index (χ1n) is 12.4. The molecule has 0 saturated carbocycles. The summed E-state index contributed by atoms with van der Waals surface area (Å²) in [6.45, 7) is 3.48. The van der Waals surface area contributed by atoms with Crippen LogP contribution in [0.25, 0.3) is 10.9 Å². The minimum atomic E-state index is -4.61. The normalized spacial score (nSPS) is 18.6. The Morgan fingerprint density at radius 2 is 1.85 bits per heavy atom. The van der Waals surface area contributed by atoms with Gasteiger partial charge in [-0.05, 0) is 42.5 Å². The number of halogens is 4. The largest absolute Gasteiger partial charge is 0.479 e. The van der Waals surface area contributed by atoms with Gasteiger partial charge in [0.1, 0.15) is 17.4 Å². The first-order chi connectivity index (χ1) is 18.4. The number of carbonyl (C=O) groups excluding carboxylic acids is 2. The van der Waals surface area contributed by atoms with E-state index in [1.165, 1.54) is 30.3 Å². The van der Waals surface area contributed by atoms with E-state index in [0.29, 0.717) is 17.7 Å². The van der Waals surface area contributed by atoms with Gasteiger partial charge in [0.15, 0.2) is 0 Å². The molecule has 1 aliphatic carbocycles. The number of carboxylic acid groups (broad SMARTS) is 1. The van der Waals surface area contributed by atoms with Gasteiger partial charge in [-0.3, -0.25) is 4.79 Å². The molecule has 5 N–H and O–H groups in total. The van der Waals surface area contributed by atoms with Crippen LogP contribution in [0.15, 0.2) is 42.5 Å². The number of carbonyl (C=O) groups is 3. The van der Waals surface area contributed by atoms with E-state index < -0.39 is 53.0 Å². The molecule has 3 amide bonds. The van der Waals surface area contributed by atoms with E-state index in [1.54, 1.807) is 13.8 Å². The minimum absolute atomic E-state index is 0.0795. The van der Waals surface area contributed by atoms with Gasteiger partial charge < -0.3 is 26.0 Å². The van der Waals surface area contributed by atoms with Crippen molar-refractivity contribution in [3.8, 4) is 0 Å². The van der Waals surface area contributed by atoms with Gasteiger partial charge in [-0.15, -0.1) is 0 Å². The van der Waals surface area contributed by atoms with Crippen LogP contribution in [0.2, 0.25) is 0 Å². The van der Waals surface area contributed by atoms with Crippen molar-refractivity contribution in [1.29, 1.82) is 0 Å². The Kier molecular flexibility index (Phi) is 7.58. The number of anilines is 1.